The quantitative estimate of drug-likeness (QED) is 0.525. The monoisotopic (exact) mass is 304 g/mol. The second-order valence-corrected chi connectivity index (χ2v) is 6.56. The van der Waals surface area contributed by atoms with Crippen LogP contribution in [0.15, 0.2) is 0 Å². The molecule has 13 heavy (non-hydrogen) atoms. The van der Waals surface area contributed by atoms with Crippen molar-refractivity contribution in [2.24, 2.45) is 5.41 Å². The number of rotatable bonds is 3. The van der Waals surface area contributed by atoms with E-state index in [1.165, 1.54) is 0 Å². The van der Waals surface area contributed by atoms with E-state index >= 15 is 0 Å². The van der Waals surface area contributed by atoms with Crippen LogP contribution in [0.2, 0.25) is 0 Å². The van der Waals surface area contributed by atoms with Gasteiger partial charge < -0.3 is 0 Å². The van der Waals surface area contributed by atoms with E-state index in [0.29, 0.717) is 12.8 Å². The minimum absolute atomic E-state index is 0.508. The summed E-state index contributed by atoms with van der Waals surface area (Å²) in [5, 5.41) is 0. The third-order valence-electron chi connectivity index (χ3n) is 2.63. The van der Waals surface area contributed by atoms with Gasteiger partial charge in [-0.3, -0.25) is 0 Å². The first kappa shape index (κ1) is 13.6. The highest BCUT2D eigenvalue weighted by molar-refractivity contribution is 14.1. The SMILES string of the molecule is CCC(I)(CC)C(F)(F)C(C)(C)C. The van der Waals surface area contributed by atoms with Gasteiger partial charge in [0.1, 0.15) is 0 Å². The fourth-order valence-electron chi connectivity index (χ4n) is 1.37. The molecule has 0 atom stereocenters. The molecule has 0 amide bonds. The van der Waals surface area contributed by atoms with E-state index in [-0.39, 0.29) is 0 Å². The summed E-state index contributed by atoms with van der Waals surface area (Å²) in [4.78, 5) is 0. The molecule has 0 aromatic carbocycles. The van der Waals surface area contributed by atoms with Gasteiger partial charge in [0.15, 0.2) is 0 Å². The van der Waals surface area contributed by atoms with Crippen LogP contribution >= 0.6 is 22.6 Å². The third kappa shape index (κ3) is 2.34. The number of hydrogen-bond donors (Lipinski definition) is 0. The van der Waals surface area contributed by atoms with E-state index in [1.54, 1.807) is 20.8 Å². The van der Waals surface area contributed by atoms with Crippen LogP contribution in [0.4, 0.5) is 8.78 Å². The van der Waals surface area contributed by atoms with Crippen molar-refractivity contribution in [2.45, 2.75) is 56.8 Å². The second-order valence-electron chi connectivity index (χ2n) is 4.50. The maximum Gasteiger partial charge on any atom is 0.267 e. The molecule has 0 aromatic rings. The van der Waals surface area contributed by atoms with Gasteiger partial charge in [-0.1, -0.05) is 57.2 Å². The van der Waals surface area contributed by atoms with Crippen LogP contribution in [0.25, 0.3) is 0 Å². The molecule has 0 aromatic heterocycles. The van der Waals surface area contributed by atoms with Crippen molar-refractivity contribution in [2.75, 3.05) is 0 Å². The minimum Gasteiger partial charge on any atom is -0.205 e. The number of alkyl halides is 3. The molecular formula is C10H19F2I. The Morgan fingerprint density at radius 1 is 1.00 bits per heavy atom. The van der Waals surface area contributed by atoms with Crippen molar-refractivity contribution in [1.29, 1.82) is 0 Å². The van der Waals surface area contributed by atoms with Gasteiger partial charge in [0.2, 0.25) is 0 Å². The average molecular weight is 304 g/mol. The predicted molar refractivity (Wildman–Crippen MR) is 61.7 cm³/mol. The Morgan fingerprint density at radius 3 is 1.38 bits per heavy atom. The van der Waals surface area contributed by atoms with Gasteiger partial charge in [0.05, 0.1) is 3.42 Å². The van der Waals surface area contributed by atoms with Gasteiger partial charge in [0, 0.05) is 5.41 Å². The van der Waals surface area contributed by atoms with Gasteiger partial charge in [-0.25, -0.2) is 8.78 Å². The van der Waals surface area contributed by atoms with Crippen LogP contribution in [0.3, 0.4) is 0 Å². The van der Waals surface area contributed by atoms with Crippen molar-refractivity contribution in [3.63, 3.8) is 0 Å². The Hall–Kier alpha value is 0.590. The van der Waals surface area contributed by atoms with E-state index < -0.39 is 14.8 Å². The van der Waals surface area contributed by atoms with E-state index in [0.717, 1.165) is 0 Å². The second kappa shape index (κ2) is 3.99. The number of halogens is 3. The lowest BCUT2D eigenvalue weighted by Crippen LogP contribution is -2.50. The van der Waals surface area contributed by atoms with E-state index in [2.05, 4.69) is 0 Å². The molecule has 0 aliphatic rings. The van der Waals surface area contributed by atoms with Crippen molar-refractivity contribution in [3.05, 3.63) is 0 Å². The molecule has 0 spiro atoms. The lowest BCUT2D eigenvalue weighted by molar-refractivity contribution is -0.124. The summed E-state index contributed by atoms with van der Waals surface area (Å²) in [6.45, 7) is 8.47. The highest BCUT2D eigenvalue weighted by Gasteiger charge is 2.56. The summed E-state index contributed by atoms with van der Waals surface area (Å²) >= 11 is 1.92. The van der Waals surface area contributed by atoms with Crippen molar-refractivity contribution >= 4 is 22.6 Å². The summed E-state index contributed by atoms with van der Waals surface area (Å²) in [6.07, 6.45) is 1.02. The predicted octanol–water partition coefficient (Wildman–Crippen LogP) is 4.66. The van der Waals surface area contributed by atoms with Crippen molar-refractivity contribution < 1.29 is 8.78 Å². The molecule has 3 heteroatoms. The summed E-state index contributed by atoms with van der Waals surface area (Å²) in [5.41, 5.74) is -0.958. The molecule has 0 radical (unpaired) electrons. The highest BCUT2D eigenvalue weighted by Crippen LogP contribution is 2.51. The van der Waals surface area contributed by atoms with E-state index in [4.69, 9.17) is 0 Å². The van der Waals surface area contributed by atoms with Gasteiger partial charge in [-0.15, -0.1) is 0 Å². The molecule has 0 saturated carbocycles. The molecule has 0 aliphatic carbocycles. The Bertz CT molecular complexity index is 166. The van der Waals surface area contributed by atoms with E-state index in [1.807, 2.05) is 36.4 Å². The van der Waals surface area contributed by atoms with Crippen molar-refractivity contribution in [3.8, 4) is 0 Å². The zero-order valence-electron chi connectivity index (χ0n) is 9.05. The van der Waals surface area contributed by atoms with Crippen LogP contribution in [-0.4, -0.2) is 9.34 Å². The molecule has 0 fully saturated rings. The topological polar surface area (TPSA) is 0 Å². The lowest BCUT2D eigenvalue weighted by atomic mass is 9.78. The van der Waals surface area contributed by atoms with Crippen LogP contribution in [0.1, 0.15) is 47.5 Å². The summed E-state index contributed by atoms with van der Waals surface area (Å²) < 4.78 is 27.0. The Kier molecular flexibility index (Phi) is 4.17. The van der Waals surface area contributed by atoms with Crippen LogP contribution in [0.5, 0.6) is 0 Å². The van der Waals surface area contributed by atoms with Gasteiger partial charge in [-0.2, -0.15) is 0 Å². The molecule has 0 heterocycles. The van der Waals surface area contributed by atoms with Crippen LogP contribution in [-0.2, 0) is 0 Å². The molecule has 0 unspecified atom stereocenters. The Labute approximate surface area is 93.6 Å². The summed E-state index contributed by atoms with van der Waals surface area (Å²) in [6, 6.07) is 0. The number of hydrogen-bond acceptors (Lipinski definition) is 0. The Balaban J connectivity index is 5.00. The summed E-state index contributed by atoms with van der Waals surface area (Å²) in [7, 11) is 0. The molecular weight excluding hydrogens is 285 g/mol. The lowest BCUT2D eigenvalue weighted by Gasteiger charge is -2.42. The molecule has 0 aliphatic heterocycles. The third-order valence-corrected chi connectivity index (χ3v) is 4.83. The molecule has 0 rings (SSSR count). The zero-order valence-corrected chi connectivity index (χ0v) is 11.2. The standard InChI is InChI=1S/C10H19F2I/c1-6-9(13,7-2)10(11,12)8(3,4)5/h6-7H2,1-5H3. The first-order valence-corrected chi connectivity index (χ1v) is 5.77. The first-order valence-electron chi connectivity index (χ1n) is 4.69. The maximum absolute atomic E-state index is 14.0. The fourth-order valence-corrected chi connectivity index (χ4v) is 2.18. The van der Waals surface area contributed by atoms with Gasteiger partial charge in [0.25, 0.3) is 5.92 Å². The van der Waals surface area contributed by atoms with E-state index in [9.17, 15) is 8.78 Å². The largest absolute Gasteiger partial charge is 0.267 e. The maximum atomic E-state index is 14.0. The van der Waals surface area contributed by atoms with Crippen LogP contribution < -0.4 is 0 Å². The van der Waals surface area contributed by atoms with Gasteiger partial charge >= 0.3 is 0 Å². The van der Waals surface area contributed by atoms with Crippen LogP contribution in [0, 0.1) is 5.41 Å². The fraction of sp³-hybridized carbons (Fsp3) is 1.00. The van der Waals surface area contributed by atoms with Crippen molar-refractivity contribution in [1.82, 2.24) is 0 Å². The molecule has 0 bridgehead atoms. The zero-order chi connectivity index (χ0) is 10.9. The molecule has 80 valence electrons. The molecule has 0 saturated heterocycles. The normalized spacial score (nSPS) is 14.8. The smallest absolute Gasteiger partial charge is 0.205 e. The molecule has 0 nitrogen and oxygen atoms in total. The average Bonchev–Trinajstić information content (AvgIpc) is 2.00. The summed E-state index contributed by atoms with van der Waals surface area (Å²) in [5.74, 6) is -2.62. The highest BCUT2D eigenvalue weighted by atomic mass is 127. The first-order chi connectivity index (χ1) is 5.62. The van der Waals surface area contributed by atoms with Gasteiger partial charge in [-0.05, 0) is 12.8 Å². The minimum atomic E-state index is -2.62. The Morgan fingerprint density at radius 2 is 1.31 bits per heavy atom. The molecule has 0 N–H and O–H groups in total.